The molecule has 5 nitrogen and oxygen atoms in total. The number of hydrogen-bond donors (Lipinski definition) is 1. The molecule has 0 atom stereocenters. The fourth-order valence-electron chi connectivity index (χ4n) is 3.08. The number of para-hydroxylation sites is 1. The fraction of sp³-hybridized carbons (Fsp3) is 0.500. The normalized spacial score (nSPS) is 16.6. The number of nitrogens with one attached hydrogen (secondary N) is 1. The quantitative estimate of drug-likeness (QED) is 0.618. The van der Waals surface area contributed by atoms with Crippen molar-refractivity contribution < 1.29 is 18.0 Å². The summed E-state index contributed by atoms with van der Waals surface area (Å²) >= 11 is 1.01. The highest BCUT2D eigenvalue weighted by Crippen LogP contribution is 2.32. The second-order valence-electron chi connectivity index (χ2n) is 6.43. The maximum absolute atomic E-state index is 13.0. The molecule has 0 spiro atoms. The number of carbonyl (C=O) groups excluding carboxylic acids is 1. The Bertz CT molecular complexity index is 807. The average molecular weight is 398 g/mol. The van der Waals surface area contributed by atoms with Gasteiger partial charge in [0.15, 0.2) is 0 Å². The van der Waals surface area contributed by atoms with Crippen LogP contribution in [0.3, 0.4) is 0 Å². The number of alkyl halides is 3. The molecule has 1 amide bonds. The van der Waals surface area contributed by atoms with Gasteiger partial charge in [0.1, 0.15) is 5.03 Å². The number of fused-ring (bicyclic) bond motifs is 1. The summed E-state index contributed by atoms with van der Waals surface area (Å²) in [5.41, 5.74) is 0.217. The smallest absolute Gasteiger partial charge is 0.353 e. The maximum Gasteiger partial charge on any atom is 0.451 e. The summed E-state index contributed by atoms with van der Waals surface area (Å²) in [5, 5.41) is 3.66. The van der Waals surface area contributed by atoms with E-state index in [2.05, 4.69) is 27.1 Å². The number of likely N-dealkylation sites (tertiary alicyclic amines) is 1. The van der Waals surface area contributed by atoms with Gasteiger partial charge in [-0.3, -0.25) is 4.79 Å². The van der Waals surface area contributed by atoms with E-state index in [1.165, 1.54) is 6.07 Å². The molecule has 146 valence electrons. The van der Waals surface area contributed by atoms with Gasteiger partial charge in [0.25, 0.3) is 0 Å². The Balaban J connectivity index is 1.66. The molecule has 1 saturated heterocycles. The van der Waals surface area contributed by atoms with Crippen molar-refractivity contribution in [2.75, 3.05) is 25.4 Å². The highest BCUT2D eigenvalue weighted by molar-refractivity contribution is 8.00. The molecule has 1 aromatic heterocycles. The van der Waals surface area contributed by atoms with Gasteiger partial charge in [-0.1, -0.05) is 36.9 Å². The summed E-state index contributed by atoms with van der Waals surface area (Å²) in [6.45, 7) is 5.00. The minimum absolute atomic E-state index is 0.0201. The lowest BCUT2D eigenvalue weighted by atomic mass is 10.1. The van der Waals surface area contributed by atoms with Gasteiger partial charge in [-0.2, -0.15) is 13.2 Å². The number of halogens is 3. The van der Waals surface area contributed by atoms with E-state index in [1.54, 1.807) is 18.2 Å². The van der Waals surface area contributed by atoms with Crippen molar-refractivity contribution in [1.82, 2.24) is 20.2 Å². The third-order valence-corrected chi connectivity index (χ3v) is 5.55. The lowest BCUT2D eigenvalue weighted by molar-refractivity contribution is -0.145. The summed E-state index contributed by atoms with van der Waals surface area (Å²) in [6.07, 6.45) is -2.85. The summed E-state index contributed by atoms with van der Waals surface area (Å²) in [4.78, 5) is 21.8. The van der Waals surface area contributed by atoms with Gasteiger partial charge in [0.05, 0.1) is 11.3 Å². The molecule has 1 aromatic carbocycles. The fourth-order valence-corrected chi connectivity index (χ4v) is 3.91. The molecule has 0 bridgehead atoms. The van der Waals surface area contributed by atoms with Crippen molar-refractivity contribution in [3.05, 3.63) is 30.1 Å². The molecule has 0 unspecified atom stereocenters. The molecular weight excluding hydrogens is 377 g/mol. The number of carbonyl (C=O) groups is 1. The first kappa shape index (κ1) is 19.9. The number of nitrogens with zero attached hydrogens (tertiary/aromatic N) is 3. The molecular formula is C18H21F3N4OS. The van der Waals surface area contributed by atoms with E-state index in [0.717, 1.165) is 44.2 Å². The van der Waals surface area contributed by atoms with E-state index in [0.29, 0.717) is 5.39 Å². The Morgan fingerprint density at radius 1 is 1.26 bits per heavy atom. The van der Waals surface area contributed by atoms with Crippen LogP contribution < -0.4 is 5.32 Å². The van der Waals surface area contributed by atoms with Gasteiger partial charge in [0, 0.05) is 24.5 Å². The molecule has 1 aliphatic rings. The van der Waals surface area contributed by atoms with E-state index in [-0.39, 0.29) is 28.2 Å². The summed E-state index contributed by atoms with van der Waals surface area (Å²) in [5.74, 6) is -1.35. The molecule has 2 heterocycles. The number of piperidine rings is 1. The molecule has 1 aliphatic heterocycles. The predicted octanol–water partition coefficient (Wildman–Crippen LogP) is 3.34. The van der Waals surface area contributed by atoms with Gasteiger partial charge in [0.2, 0.25) is 11.7 Å². The van der Waals surface area contributed by atoms with Gasteiger partial charge in [-0.15, -0.1) is 0 Å². The summed E-state index contributed by atoms with van der Waals surface area (Å²) < 4.78 is 39.1. The number of benzene rings is 1. The summed E-state index contributed by atoms with van der Waals surface area (Å²) in [7, 11) is 0. The minimum atomic E-state index is -4.63. The zero-order chi connectivity index (χ0) is 19.4. The Morgan fingerprint density at radius 3 is 2.63 bits per heavy atom. The highest BCUT2D eigenvalue weighted by Gasteiger charge is 2.35. The van der Waals surface area contributed by atoms with Crippen molar-refractivity contribution in [3.8, 4) is 0 Å². The molecule has 27 heavy (non-hydrogen) atoms. The lowest BCUT2D eigenvalue weighted by Crippen LogP contribution is -2.45. The minimum Gasteiger partial charge on any atom is -0.353 e. The predicted molar refractivity (Wildman–Crippen MR) is 98.5 cm³/mol. The number of hydrogen-bond acceptors (Lipinski definition) is 5. The number of thioether (sulfide) groups is 1. The zero-order valence-corrected chi connectivity index (χ0v) is 15.7. The van der Waals surface area contributed by atoms with Gasteiger partial charge >= 0.3 is 6.18 Å². The molecule has 2 aromatic rings. The zero-order valence-electron chi connectivity index (χ0n) is 14.9. The highest BCUT2D eigenvalue weighted by atomic mass is 32.2. The molecule has 1 N–H and O–H groups in total. The Labute approximate surface area is 159 Å². The van der Waals surface area contributed by atoms with E-state index in [9.17, 15) is 18.0 Å². The van der Waals surface area contributed by atoms with Crippen molar-refractivity contribution >= 4 is 28.6 Å². The molecule has 9 heteroatoms. The van der Waals surface area contributed by atoms with Gasteiger partial charge in [-0.05, 0) is 25.5 Å². The molecule has 0 saturated carbocycles. The number of amides is 1. The SMILES string of the molecule is CCN1CCC(NC(=O)CSc2nc(C(F)(F)F)nc3ccccc23)CC1. The number of rotatable bonds is 5. The first-order valence-electron chi connectivity index (χ1n) is 8.85. The van der Waals surface area contributed by atoms with E-state index in [1.807, 2.05) is 0 Å². The van der Waals surface area contributed by atoms with Crippen LogP contribution in [0.5, 0.6) is 0 Å². The third kappa shape index (κ3) is 5.10. The Hall–Kier alpha value is -1.87. The average Bonchev–Trinajstić information content (AvgIpc) is 2.65. The van der Waals surface area contributed by atoms with Crippen molar-refractivity contribution in [1.29, 1.82) is 0 Å². The monoisotopic (exact) mass is 398 g/mol. The van der Waals surface area contributed by atoms with Gasteiger partial charge < -0.3 is 10.2 Å². The molecule has 3 rings (SSSR count). The van der Waals surface area contributed by atoms with E-state index in [4.69, 9.17) is 0 Å². The van der Waals surface area contributed by atoms with Crippen molar-refractivity contribution in [3.63, 3.8) is 0 Å². The van der Waals surface area contributed by atoms with Crippen LogP contribution >= 0.6 is 11.8 Å². The van der Waals surface area contributed by atoms with Crippen LogP contribution in [0.2, 0.25) is 0 Å². The van der Waals surface area contributed by atoms with Crippen LogP contribution in [0.25, 0.3) is 10.9 Å². The first-order chi connectivity index (χ1) is 12.9. The van der Waals surface area contributed by atoms with E-state index >= 15 is 0 Å². The second-order valence-corrected chi connectivity index (χ2v) is 7.40. The van der Waals surface area contributed by atoms with Crippen LogP contribution in [0.4, 0.5) is 13.2 Å². The Kier molecular flexibility index (Phi) is 6.21. The number of aromatic nitrogens is 2. The van der Waals surface area contributed by atoms with E-state index < -0.39 is 12.0 Å². The maximum atomic E-state index is 13.0. The van der Waals surface area contributed by atoms with Gasteiger partial charge in [-0.25, -0.2) is 9.97 Å². The van der Waals surface area contributed by atoms with Crippen LogP contribution in [-0.4, -0.2) is 52.2 Å². The van der Waals surface area contributed by atoms with Crippen molar-refractivity contribution in [2.24, 2.45) is 0 Å². The third-order valence-electron chi connectivity index (χ3n) is 4.56. The van der Waals surface area contributed by atoms with Crippen LogP contribution in [0, 0.1) is 0 Å². The second kappa shape index (κ2) is 8.43. The molecule has 0 radical (unpaired) electrons. The van der Waals surface area contributed by atoms with Crippen LogP contribution in [0.15, 0.2) is 29.3 Å². The lowest BCUT2D eigenvalue weighted by Gasteiger charge is -2.31. The molecule has 1 fully saturated rings. The van der Waals surface area contributed by atoms with Crippen LogP contribution in [-0.2, 0) is 11.0 Å². The Morgan fingerprint density at radius 2 is 1.96 bits per heavy atom. The molecule has 0 aliphatic carbocycles. The topological polar surface area (TPSA) is 58.1 Å². The largest absolute Gasteiger partial charge is 0.451 e. The summed E-state index contributed by atoms with van der Waals surface area (Å²) in [6, 6.07) is 6.63. The van der Waals surface area contributed by atoms with Crippen LogP contribution in [0.1, 0.15) is 25.6 Å². The standard InChI is InChI=1S/C18H21F3N4OS/c1-2-25-9-7-12(8-10-25)22-15(26)11-27-16-13-5-3-4-6-14(13)23-17(24-16)18(19,20)21/h3-6,12H,2,7-11H2,1H3,(H,22,26). The van der Waals surface area contributed by atoms with Crippen molar-refractivity contribution in [2.45, 2.75) is 37.0 Å². The first-order valence-corrected chi connectivity index (χ1v) is 9.84.